The summed E-state index contributed by atoms with van der Waals surface area (Å²) < 4.78 is 5.99. The summed E-state index contributed by atoms with van der Waals surface area (Å²) in [5.74, 6) is -3.98. The minimum absolute atomic E-state index is 0.00310. The number of hydrogen-bond donors (Lipinski definition) is 3. The molecule has 0 unspecified atom stereocenters. The van der Waals surface area contributed by atoms with E-state index in [1.165, 1.54) is 28.7 Å². The normalized spacial score (nSPS) is 26.0. The van der Waals surface area contributed by atoms with E-state index in [2.05, 4.69) is 20.9 Å². The van der Waals surface area contributed by atoms with E-state index in [9.17, 15) is 33.6 Å². The third-order valence-electron chi connectivity index (χ3n) is 11.8. The van der Waals surface area contributed by atoms with Gasteiger partial charge in [0, 0.05) is 78.1 Å². The van der Waals surface area contributed by atoms with Crippen molar-refractivity contribution in [2.75, 3.05) is 39.1 Å². The Kier molecular flexibility index (Phi) is 14.5. The Balaban J connectivity index is 1.42. The van der Waals surface area contributed by atoms with Crippen LogP contribution in [0.1, 0.15) is 68.7 Å². The third-order valence-corrected chi connectivity index (χ3v) is 11.8. The second-order valence-electron chi connectivity index (χ2n) is 16.1. The largest absolute Gasteiger partial charge is 0.459 e. The molecule has 0 bridgehead atoms. The van der Waals surface area contributed by atoms with Gasteiger partial charge in [0.15, 0.2) is 6.04 Å². The predicted octanol–water partition coefficient (Wildman–Crippen LogP) is 1.92. The van der Waals surface area contributed by atoms with Gasteiger partial charge in [0.05, 0.1) is 0 Å². The van der Waals surface area contributed by atoms with Gasteiger partial charge in [-0.25, -0.2) is 4.79 Å². The summed E-state index contributed by atoms with van der Waals surface area (Å²) in [5, 5.41) is 8.79. The zero-order chi connectivity index (χ0) is 43.8. The Labute approximate surface area is 356 Å². The maximum atomic E-state index is 15.0. The van der Waals surface area contributed by atoms with Crippen molar-refractivity contribution in [1.29, 1.82) is 0 Å². The smallest absolute Gasteiger partial charge is 0.333 e. The number of Topliss-reactive ketones (excluding diaryl/α,β-unsaturated/α-hetero) is 1. The Morgan fingerprint density at radius 1 is 0.820 bits per heavy atom. The van der Waals surface area contributed by atoms with Crippen molar-refractivity contribution >= 4 is 47.0 Å². The molecule has 0 aliphatic carbocycles. The quantitative estimate of drug-likeness (QED) is 0.281. The summed E-state index contributed by atoms with van der Waals surface area (Å²) in [4.78, 5) is 110. The molecule has 5 amide bonds. The Morgan fingerprint density at radius 3 is 2.21 bits per heavy atom. The van der Waals surface area contributed by atoms with Crippen LogP contribution < -0.4 is 20.9 Å². The number of carbonyl (C=O) groups is 7. The van der Waals surface area contributed by atoms with Gasteiger partial charge in [-0.3, -0.25) is 39.1 Å². The number of piperidine rings is 1. The molecule has 61 heavy (non-hydrogen) atoms. The molecule has 3 N–H and O–H groups in total. The van der Waals surface area contributed by atoms with Gasteiger partial charge in [0.2, 0.25) is 29.5 Å². The standard InChI is InChI=1S/C45H56N8O8/c1-6-34-42(57)52-22-11-15-35(52)43(58)51(5)37(24-29-16-18-32(19-17-29)50(3)4)44(59)53-23-20-33(54)25-36(53)40(55)49-39(31-13-8-7-9-14-31)45(60)61-28(2)38(41(56)48-34)47-27-30-12-10-21-46-26-30/h7-10,12-14,16-19,21,26,28,34-39,47H,6,11,15,20,22-25,27H2,1-5H3,(H,48,56)(H,49,55)/t28-,34-,35+,36+,37+,38+,39+/m1/s1. The maximum Gasteiger partial charge on any atom is 0.333 e. The lowest BCUT2D eigenvalue weighted by Gasteiger charge is -2.40. The van der Waals surface area contributed by atoms with Gasteiger partial charge >= 0.3 is 5.97 Å². The molecule has 3 aliphatic rings. The van der Waals surface area contributed by atoms with Crippen molar-refractivity contribution in [1.82, 2.24) is 35.6 Å². The first-order valence-electron chi connectivity index (χ1n) is 20.9. The van der Waals surface area contributed by atoms with Crippen molar-refractivity contribution in [3.05, 3.63) is 95.8 Å². The van der Waals surface area contributed by atoms with Crippen molar-refractivity contribution in [2.24, 2.45) is 0 Å². The number of cyclic esters (lactones) is 1. The molecule has 0 saturated carbocycles. The number of hydrogen-bond acceptors (Lipinski definition) is 11. The number of fused-ring (bicyclic) bond motifs is 2. The van der Waals surface area contributed by atoms with E-state index in [0.29, 0.717) is 18.4 Å². The molecule has 1 aromatic heterocycles. The maximum absolute atomic E-state index is 15.0. The molecule has 0 radical (unpaired) electrons. The van der Waals surface area contributed by atoms with Crippen molar-refractivity contribution in [2.45, 2.75) is 101 Å². The van der Waals surface area contributed by atoms with Crippen LogP contribution in [0.4, 0.5) is 5.69 Å². The molecule has 16 nitrogen and oxygen atoms in total. The molecular formula is C45H56N8O8. The van der Waals surface area contributed by atoms with Crippen LogP contribution in [0.5, 0.6) is 0 Å². The summed E-state index contributed by atoms with van der Waals surface area (Å²) in [7, 11) is 5.34. The number of ketones is 1. The topological polar surface area (TPSA) is 191 Å². The first kappa shape index (κ1) is 44.4. The first-order chi connectivity index (χ1) is 29.3. The second-order valence-corrected chi connectivity index (χ2v) is 16.1. The van der Waals surface area contributed by atoms with E-state index < -0.39 is 77.9 Å². The molecule has 6 rings (SSSR count). The number of amides is 5. The molecule has 4 heterocycles. The highest BCUT2D eigenvalue weighted by Gasteiger charge is 2.45. The fraction of sp³-hybridized carbons (Fsp3) is 0.467. The van der Waals surface area contributed by atoms with Crippen LogP contribution in [0.25, 0.3) is 0 Å². The Hall–Kier alpha value is -6.16. The number of ether oxygens (including phenoxy) is 1. The summed E-state index contributed by atoms with van der Waals surface area (Å²) in [6.07, 6.45) is 2.92. The summed E-state index contributed by atoms with van der Waals surface area (Å²) in [6.45, 7) is 3.62. The third kappa shape index (κ3) is 10.4. The van der Waals surface area contributed by atoms with E-state index >= 15 is 0 Å². The van der Waals surface area contributed by atoms with Crippen LogP contribution in [0, 0.1) is 0 Å². The van der Waals surface area contributed by atoms with Crippen LogP contribution in [0.2, 0.25) is 0 Å². The van der Waals surface area contributed by atoms with Crippen molar-refractivity contribution in [3.63, 3.8) is 0 Å². The van der Waals surface area contributed by atoms with E-state index in [0.717, 1.165) is 16.8 Å². The minimum Gasteiger partial charge on any atom is -0.459 e. The average Bonchev–Trinajstić information content (AvgIpc) is 3.76. The molecule has 16 heteroatoms. The van der Waals surface area contributed by atoms with E-state index in [-0.39, 0.29) is 51.1 Å². The number of carbonyl (C=O) groups excluding carboxylic acids is 7. The Bertz CT molecular complexity index is 2070. The van der Waals surface area contributed by atoms with E-state index in [4.69, 9.17) is 4.74 Å². The monoisotopic (exact) mass is 836 g/mol. The number of aromatic nitrogens is 1. The highest BCUT2D eigenvalue weighted by atomic mass is 16.5. The van der Waals surface area contributed by atoms with Crippen LogP contribution in [0.3, 0.4) is 0 Å². The number of likely N-dealkylation sites (N-methyl/N-ethyl adjacent to an activating group) is 1. The number of esters is 1. The number of rotatable bonds is 8. The summed E-state index contributed by atoms with van der Waals surface area (Å²) >= 11 is 0. The van der Waals surface area contributed by atoms with Crippen LogP contribution in [-0.4, -0.2) is 132 Å². The molecule has 3 aliphatic heterocycles. The number of anilines is 1. The fourth-order valence-corrected chi connectivity index (χ4v) is 8.22. The molecular weight excluding hydrogens is 781 g/mol. The molecule has 324 valence electrons. The predicted molar refractivity (Wildman–Crippen MR) is 225 cm³/mol. The van der Waals surface area contributed by atoms with Crippen molar-refractivity contribution < 1.29 is 38.3 Å². The lowest BCUT2D eigenvalue weighted by molar-refractivity contribution is -0.157. The lowest BCUT2D eigenvalue weighted by Crippen LogP contribution is -2.61. The van der Waals surface area contributed by atoms with Gasteiger partial charge in [-0.2, -0.15) is 0 Å². The highest BCUT2D eigenvalue weighted by Crippen LogP contribution is 2.27. The zero-order valence-electron chi connectivity index (χ0n) is 35.4. The van der Waals surface area contributed by atoms with Gasteiger partial charge in [0.25, 0.3) is 0 Å². The summed E-state index contributed by atoms with van der Waals surface area (Å²) in [5.41, 5.74) is 2.79. The van der Waals surface area contributed by atoms with Crippen molar-refractivity contribution in [3.8, 4) is 0 Å². The molecule has 2 aromatic carbocycles. The van der Waals surface area contributed by atoms with Gasteiger partial charge in [0.1, 0.15) is 42.1 Å². The van der Waals surface area contributed by atoms with Gasteiger partial charge < -0.3 is 35.0 Å². The number of benzene rings is 2. The number of nitrogens with one attached hydrogen (secondary N) is 3. The van der Waals surface area contributed by atoms with Gasteiger partial charge in [-0.1, -0.05) is 55.5 Å². The first-order valence-corrected chi connectivity index (χ1v) is 20.9. The highest BCUT2D eigenvalue weighted by molar-refractivity contribution is 5.99. The van der Waals surface area contributed by atoms with Crippen LogP contribution >= 0.6 is 0 Å². The minimum atomic E-state index is -1.40. The molecule has 3 saturated heterocycles. The van der Waals surface area contributed by atoms with E-state index in [1.54, 1.807) is 55.7 Å². The Morgan fingerprint density at radius 2 is 1.54 bits per heavy atom. The fourth-order valence-electron chi connectivity index (χ4n) is 8.22. The number of pyridine rings is 1. The average molecular weight is 837 g/mol. The molecule has 7 atom stereocenters. The number of nitrogens with zero attached hydrogens (tertiary/aromatic N) is 5. The lowest BCUT2D eigenvalue weighted by atomic mass is 9.95. The SMILES string of the molecule is CC[C@H]1NC(=O)[C@@H](NCc2cccnc2)[C@@H](C)OC(=O)[C@H](c2ccccc2)NC(=O)[C@@H]2CC(=O)CCN2C(=O)[C@H](Cc2ccc(N(C)C)cc2)N(C)C(=O)[C@@H]2CCCN2C1=O. The molecule has 3 aromatic rings. The van der Waals surface area contributed by atoms with Crippen LogP contribution in [-0.2, 0) is 51.3 Å². The second kappa shape index (κ2) is 19.9. The van der Waals surface area contributed by atoms with Gasteiger partial charge in [-0.15, -0.1) is 0 Å². The molecule has 3 fully saturated rings. The van der Waals surface area contributed by atoms with E-state index in [1.807, 2.05) is 49.3 Å². The molecule has 0 spiro atoms. The van der Waals surface area contributed by atoms with Crippen LogP contribution in [0.15, 0.2) is 79.1 Å². The zero-order valence-corrected chi connectivity index (χ0v) is 35.4. The summed E-state index contributed by atoms with van der Waals surface area (Å²) in [6, 6.07) is 12.5. The van der Waals surface area contributed by atoms with Gasteiger partial charge in [-0.05, 0) is 61.1 Å².